The number of nitrogens with zero attached hydrogens (tertiary/aromatic N) is 4. The predicted molar refractivity (Wildman–Crippen MR) is 126 cm³/mol. The van der Waals surface area contributed by atoms with Gasteiger partial charge in [-0.2, -0.15) is 0 Å². The number of rotatable bonds is 7. The van der Waals surface area contributed by atoms with E-state index in [4.69, 9.17) is 15.0 Å². The fourth-order valence-corrected chi connectivity index (χ4v) is 5.37. The van der Waals surface area contributed by atoms with Gasteiger partial charge in [0.15, 0.2) is 11.6 Å². The summed E-state index contributed by atoms with van der Waals surface area (Å²) in [7, 11) is 2.04. The van der Waals surface area contributed by atoms with E-state index >= 15 is 0 Å². The monoisotopic (exact) mass is 428 g/mol. The van der Waals surface area contributed by atoms with Gasteiger partial charge in [0, 0.05) is 19.0 Å². The molecule has 2 atom stereocenters. The third kappa shape index (κ3) is 3.37. The average Bonchev–Trinajstić information content (AvgIpc) is 3.31. The summed E-state index contributed by atoms with van der Waals surface area (Å²) in [6.45, 7) is 1.48. The van der Waals surface area contributed by atoms with Crippen LogP contribution in [0.2, 0.25) is 0 Å². The van der Waals surface area contributed by atoms with Crippen molar-refractivity contribution in [3.63, 3.8) is 0 Å². The van der Waals surface area contributed by atoms with Crippen molar-refractivity contribution in [3.05, 3.63) is 54.4 Å². The first kappa shape index (κ1) is 19.5. The minimum Gasteiger partial charge on any atom is -0.396 e. The molecule has 6 rings (SSSR count). The summed E-state index contributed by atoms with van der Waals surface area (Å²) in [4.78, 5) is 14.5. The van der Waals surface area contributed by atoms with Crippen molar-refractivity contribution < 1.29 is 5.11 Å². The Morgan fingerprint density at radius 3 is 2.19 bits per heavy atom. The number of aryl methyl sites for hydroxylation is 1. The minimum atomic E-state index is -0.0461. The lowest BCUT2D eigenvalue weighted by Crippen LogP contribution is -2.32. The summed E-state index contributed by atoms with van der Waals surface area (Å²) >= 11 is 0. The molecule has 4 aromatic rings. The van der Waals surface area contributed by atoms with Crippen LogP contribution in [0.4, 0.5) is 11.6 Å². The molecule has 0 saturated heterocycles. The molecule has 2 aliphatic rings. The van der Waals surface area contributed by atoms with Crippen molar-refractivity contribution in [2.75, 3.05) is 23.8 Å². The number of benzene rings is 2. The van der Waals surface area contributed by atoms with Crippen LogP contribution in [0, 0.1) is 17.3 Å². The number of hydrogen-bond donors (Lipinski definition) is 3. The Hall–Kier alpha value is -3.19. The molecule has 2 saturated carbocycles. The van der Waals surface area contributed by atoms with Gasteiger partial charge in [0.05, 0.1) is 35.2 Å². The van der Waals surface area contributed by atoms with Crippen LogP contribution in [0.3, 0.4) is 0 Å². The third-order valence-corrected chi connectivity index (χ3v) is 7.29. The van der Waals surface area contributed by atoms with Crippen molar-refractivity contribution in [2.24, 2.45) is 24.3 Å². The molecule has 0 radical (unpaired) electrons. The molecule has 3 N–H and O–H groups in total. The Kier molecular flexibility index (Phi) is 4.54. The van der Waals surface area contributed by atoms with Gasteiger partial charge >= 0.3 is 0 Å². The zero-order valence-electron chi connectivity index (χ0n) is 18.3. The maximum atomic E-state index is 10.1. The van der Waals surface area contributed by atoms with Gasteiger partial charge in [-0.1, -0.05) is 24.3 Å². The van der Waals surface area contributed by atoms with E-state index < -0.39 is 0 Å². The third-order valence-electron chi connectivity index (χ3n) is 7.29. The highest BCUT2D eigenvalue weighted by atomic mass is 16.3. The average molecular weight is 429 g/mol. The Labute approximate surface area is 186 Å². The maximum Gasteiger partial charge on any atom is 0.170 e. The van der Waals surface area contributed by atoms with Gasteiger partial charge in [-0.15, -0.1) is 0 Å². The smallest absolute Gasteiger partial charge is 0.170 e. The van der Waals surface area contributed by atoms with Crippen LogP contribution in [0.5, 0.6) is 0 Å². The maximum absolute atomic E-state index is 10.1. The van der Waals surface area contributed by atoms with E-state index in [1.54, 1.807) is 0 Å². The number of anilines is 2. The number of imidazole rings is 1. The molecular weight excluding hydrogens is 400 g/mol. The van der Waals surface area contributed by atoms with E-state index in [1.165, 1.54) is 6.42 Å². The first-order valence-corrected chi connectivity index (χ1v) is 11.4. The lowest BCUT2D eigenvalue weighted by Gasteiger charge is -2.29. The molecule has 0 amide bonds. The van der Waals surface area contributed by atoms with Gasteiger partial charge in [-0.05, 0) is 55.4 Å². The molecule has 0 bridgehead atoms. The lowest BCUT2D eigenvalue weighted by molar-refractivity contribution is 0.129. The molecule has 164 valence electrons. The van der Waals surface area contributed by atoms with Crippen LogP contribution >= 0.6 is 0 Å². The van der Waals surface area contributed by atoms with Crippen molar-refractivity contribution >= 4 is 33.7 Å². The second kappa shape index (κ2) is 7.45. The second-order valence-electron chi connectivity index (χ2n) is 9.51. The predicted octanol–water partition coefficient (Wildman–Crippen LogP) is 3.95. The fraction of sp³-hybridized carbons (Fsp3) is 0.400. The van der Waals surface area contributed by atoms with Crippen LogP contribution in [0.25, 0.3) is 22.1 Å². The number of fused-ring (bicyclic) bond motifs is 3. The van der Waals surface area contributed by atoms with Crippen molar-refractivity contribution in [3.8, 4) is 0 Å². The molecule has 0 spiro atoms. The zero-order valence-corrected chi connectivity index (χ0v) is 18.3. The van der Waals surface area contributed by atoms with Crippen LogP contribution in [-0.4, -0.2) is 37.8 Å². The zero-order chi connectivity index (χ0) is 21.7. The number of nitrogens with one attached hydrogen (secondary N) is 2. The summed E-state index contributed by atoms with van der Waals surface area (Å²) in [5.74, 6) is 4.00. The Morgan fingerprint density at radius 2 is 1.53 bits per heavy atom. The molecule has 2 aromatic carbocycles. The summed E-state index contributed by atoms with van der Waals surface area (Å²) < 4.78 is 2.11. The summed E-state index contributed by atoms with van der Waals surface area (Å²) in [6.07, 6.45) is 3.54. The molecule has 32 heavy (non-hydrogen) atoms. The normalized spacial score (nSPS) is 24.1. The highest BCUT2D eigenvalue weighted by molar-refractivity contribution is 5.80. The summed E-state index contributed by atoms with van der Waals surface area (Å²) in [5, 5.41) is 17.1. The molecule has 2 unspecified atom stereocenters. The highest BCUT2D eigenvalue weighted by Gasteiger charge is 2.53. The van der Waals surface area contributed by atoms with Gasteiger partial charge in [0.2, 0.25) is 0 Å². The minimum absolute atomic E-state index is 0.0461. The number of aromatic nitrogens is 4. The molecule has 7 nitrogen and oxygen atoms in total. The topological polar surface area (TPSA) is 87.9 Å². The van der Waals surface area contributed by atoms with Gasteiger partial charge in [0.1, 0.15) is 5.82 Å². The standard InChI is InChI=1S/C25H28N6O/c1-31-21-9-5-4-8-20(21)28-22(31)13-26-23-24(30-19-7-3-2-6-18(19)29-23)27-14-25(15-32)11-16-10-17(16)12-25/h2-9,16-17,32H,10-15H2,1H3,(H,26,29)(H,27,30). The first-order valence-electron chi connectivity index (χ1n) is 11.4. The van der Waals surface area contributed by atoms with Crippen LogP contribution in [0.1, 0.15) is 25.1 Å². The van der Waals surface area contributed by atoms with Gasteiger partial charge in [-0.25, -0.2) is 15.0 Å². The molecule has 2 aromatic heterocycles. The van der Waals surface area contributed by atoms with Crippen molar-refractivity contribution in [2.45, 2.75) is 25.8 Å². The van der Waals surface area contributed by atoms with Gasteiger partial charge < -0.3 is 20.3 Å². The molecule has 2 aliphatic carbocycles. The van der Waals surface area contributed by atoms with E-state index in [0.29, 0.717) is 18.9 Å². The first-order chi connectivity index (χ1) is 15.6. The lowest BCUT2D eigenvalue weighted by atomic mass is 9.84. The van der Waals surface area contributed by atoms with Crippen LogP contribution < -0.4 is 10.6 Å². The van der Waals surface area contributed by atoms with E-state index in [2.05, 4.69) is 21.3 Å². The van der Waals surface area contributed by atoms with Gasteiger partial charge in [-0.3, -0.25) is 0 Å². The Balaban J connectivity index is 1.28. The summed E-state index contributed by atoms with van der Waals surface area (Å²) in [6, 6.07) is 16.1. The molecule has 2 heterocycles. The van der Waals surface area contributed by atoms with E-state index in [9.17, 15) is 5.11 Å². The molecule has 7 heteroatoms. The van der Waals surface area contributed by atoms with Crippen LogP contribution in [-0.2, 0) is 13.6 Å². The van der Waals surface area contributed by atoms with Crippen molar-refractivity contribution in [1.82, 2.24) is 19.5 Å². The largest absolute Gasteiger partial charge is 0.396 e. The molecule has 0 aliphatic heterocycles. The molecule has 2 fully saturated rings. The fourth-order valence-electron chi connectivity index (χ4n) is 5.37. The quantitative estimate of drug-likeness (QED) is 0.413. The second-order valence-corrected chi connectivity index (χ2v) is 9.51. The summed E-state index contributed by atoms with van der Waals surface area (Å²) in [5.41, 5.74) is 3.76. The number of hydrogen-bond acceptors (Lipinski definition) is 6. The molecular formula is C25H28N6O. The SMILES string of the molecule is Cn1c(CNc2nc3ccccc3nc2NCC2(CO)CC3CC3C2)nc2ccccc21. The van der Waals surface area contributed by atoms with Gasteiger partial charge in [0.25, 0.3) is 0 Å². The Morgan fingerprint density at radius 1 is 0.906 bits per heavy atom. The highest BCUT2D eigenvalue weighted by Crippen LogP contribution is 2.59. The number of aliphatic hydroxyl groups is 1. The van der Waals surface area contributed by atoms with Crippen molar-refractivity contribution in [1.29, 1.82) is 0 Å². The van der Waals surface area contributed by atoms with E-state index in [0.717, 1.165) is 58.4 Å². The van der Waals surface area contributed by atoms with Crippen LogP contribution in [0.15, 0.2) is 48.5 Å². The number of aliphatic hydroxyl groups excluding tert-OH is 1. The van der Waals surface area contributed by atoms with E-state index in [1.807, 2.05) is 49.5 Å². The number of para-hydroxylation sites is 4. The van der Waals surface area contributed by atoms with E-state index in [-0.39, 0.29) is 12.0 Å². The Bertz CT molecular complexity index is 1290.